The van der Waals surface area contributed by atoms with Crippen molar-refractivity contribution in [1.29, 1.82) is 0 Å². The molecule has 0 amide bonds. The summed E-state index contributed by atoms with van der Waals surface area (Å²) in [5.41, 5.74) is 8.56. The van der Waals surface area contributed by atoms with Crippen molar-refractivity contribution in [2.75, 3.05) is 0 Å². The second-order valence-corrected chi connectivity index (χ2v) is 13.1. The predicted octanol–water partition coefficient (Wildman–Crippen LogP) is 12.9. The fraction of sp³-hybridized carbons (Fsp3) is 0. The number of benzene rings is 9. The maximum Gasteiger partial charge on any atom is 0.227 e. The van der Waals surface area contributed by atoms with Crippen LogP contribution in [-0.2, 0) is 0 Å². The molecule has 0 aliphatic rings. The Kier molecular flexibility index (Phi) is 5.67. The number of para-hydroxylation sites is 3. The zero-order valence-electron chi connectivity index (χ0n) is 27.0. The molecule has 0 saturated heterocycles. The Morgan fingerprint density at radius 2 is 1.06 bits per heavy atom. The van der Waals surface area contributed by atoms with E-state index in [4.69, 9.17) is 9.40 Å². The van der Waals surface area contributed by atoms with Crippen LogP contribution in [0.25, 0.3) is 104 Å². The van der Waals surface area contributed by atoms with Crippen LogP contribution in [0.15, 0.2) is 174 Å². The number of rotatable bonds is 3. The van der Waals surface area contributed by atoms with Crippen molar-refractivity contribution in [3.63, 3.8) is 0 Å². The summed E-state index contributed by atoms with van der Waals surface area (Å²) in [4.78, 5) is 4.76. The van der Waals surface area contributed by atoms with Gasteiger partial charge in [0.1, 0.15) is 5.52 Å². The fourth-order valence-corrected chi connectivity index (χ4v) is 8.14. The molecule has 2 aromatic heterocycles. The molecule has 2 heterocycles. The van der Waals surface area contributed by atoms with E-state index >= 15 is 0 Å². The quantitative estimate of drug-likeness (QED) is 0.181. The van der Waals surface area contributed by atoms with E-state index in [1.807, 2.05) is 24.3 Å². The van der Waals surface area contributed by atoms with Gasteiger partial charge in [-0.05, 0) is 103 Å². The van der Waals surface area contributed by atoms with Gasteiger partial charge in [-0.1, -0.05) is 115 Å². The Hall–Kier alpha value is -6.71. The molecule has 0 radical (unpaired) electrons. The average Bonchev–Trinajstić information content (AvgIpc) is 3.77. The van der Waals surface area contributed by atoms with Crippen LogP contribution >= 0.6 is 0 Å². The molecule has 0 N–H and O–H groups in total. The molecule has 9 aromatic carbocycles. The zero-order valence-corrected chi connectivity index (χ0v) is 27.0. The van der Waals surface area contributed by atoms with Gasteiger partial charge in [0.15, 0.2) is 5.58 Å². The molecule has 0 atom stereocenters. The van der Waals surface area contributed by atoms with E-state index in [9.17, 15) is 0 Å². The number of hydrogen-bond donors (Lipinski definition) is 0. The Bertz CT molecular complexity index is 3110. The second kappa shape index (κ2) is 10.4. The molecular formula is C47H28N2O. The Balaban J connectivity index is 1.25. The first-order valence-electron chi connectivity index (χ1n) is 17.0. The molecular weight excluding hydrogens is 609 g/mol. The predicted molar refractivity (Wildman–Crippen MR) is 209 cm³/mol. The minimum atomic E-state index is 0.628. The first-order valence-corrected chi connectivity index (χ1v) is 17.0. The number of aromatic nitrogens is 2. The van der Waals surface area contributed by atoms with Crippen LogP contribution in [0, 0.1) is 0 Å². The van der Waals surface area contributed by atoms with E-state index in [-0.39, 0.29) is 0 Å². The summed E-state index contributed by atoms with van der Waals surface area (Å²) < 4.78 is 8.59. The van der Waals surface area contributed by atoms with Gasteiger partial charge in [0.2, 0.25) is 5.89 Å². The lowest BCUT2D eigenvalue weighted by Crippen LogP contribution is -1.96. The maximum atomic E-state index is 6.13. The third-order valence-electron chi connectivity index (χ3n) is 10.4. The molecule has 50 heavy (non-hydrogen) atoms. The molecule has 11 aromatic rings. The molecule has 3 nitrogen and oxygen atoms in total. The van der Waals surface area contributed by atoms with Gasteiger partial charge in [-0.2, -0.15) is 0 Å². The number of nitrogens with zero attached hydrogens (tertiary/aromatic N) is 2. The topological polar surface area (TPSA) is 31.0 Å². The molecule has 232 valence electrons. The molecule has 0 fully saturated rings. The molecule has 11 rings (SSSR count). The van der Waals surface area contributed by atoms with E-state index in [2.05, 4.69) is 150 Å². The van der Waals surface area contributed by atoms with Crippen molar-refractivity contribution >= 4 is 76.0 Å². The summed E-state index contributed by atoms with van der Waals surface area (Å²) >= 11 is 0. The van der Waals surface area contributed by atoms with Crippen molar-refractivity contribution in [3.8, 4) is 28.3 Å². The van der Waals surface area contributed by atoms with Gasteiger partial charge in [0.25, 0.3) is 0 Å². The molecule has 0 spiro atoms. The van der Waals surface area contributed by atoms with Crippen LogP contribution in [0.4, 0.5) is 0 Å². The van der Waals surface area contributed by atoms with Gasteiger partial charge in [-0.15, -0.1) is 0 Å². The summed E-state index contributed by atoms with van der Waals surface area (Å²) in [6, 6.07) is 61.1. The van der Waals surface area contributed by atoms with Crippen LogP contribution in [0.3, 0.4) is 0 Å². The van der Waals surface area contributed by atoms with Gasteiger partial charge in [0.05, 0.1) is 11.0 Å². The van der Waals surface area contributed by atoms with Gasteiger partial charge in [-0.25, -0.2) is 4.98 Å². The van der Waals surface area contributed by atoms with Crippen LogP contribution in [0.2, 0.25) is 0 Å². The van der Waals surface area contributed by atoms with Gasteiger partial charge < -0.3 is 8.98 Å². The van der Waals surface area contributed by atoms with E-state index in [1.165, 1.54) is 76.0 Å². The van der Waals surface area contributed by atoms with Crippen molar-refractivity contribution in [2.45, 2.75) is 0 Å². The normalized spacial score (nSPS) is 12.0. The minimum absolute atomic E-state index is 0.628. The van der Waals surface area contributed by atoms with Gasteiger partial charge in [0, 0.05) is 27.4 Å². The summed E-state index contributed by atoms with van der Waals surface area (Å²) in [6.45, 7) is 0. The van der Waals surface area contributed by atoms with Crippen molar-refractivity contribution in [1.82, 2.24) is 9.55 Å². The third kappa shape index (κ3) is 3.89. The third-order valence-corrected chi connectivity index (χ3v) is 10.4. The number of fused-ring (bicyclic) bond motifs is 12. The van der Waals surface area contributed by atoms with Crippen LogP contribution in [-0.4, -0.2) is 9.55 Å². The lowest BCUT2D eigenvalue weighted by atomic mass is 9.88. The second-order valence-electron chi connectivity index (χ2n) is 13.1. The monoisotopic (exact) mass is 636 g/mol. The summed E-state index contributed by atoms with van der Waals surface area (Å²) in [6.07, 6.45) is 0. The maximum absolute atomic E-state index is 6.13. The highest BCUT2D eigenvalue weighted by Gasteiger charge is 2.22. The van der Waals surface area contributed by atoms with Gasteiger partial charge >= 0.3 is 0 Å². The molecule has 0 unspecified atom stereocenters. The zero-order chi connectivity index (χ0) is 32.8. The fourth-order valence-electron chi connectivity index (χ4n) is 8.14. The van der Waals surface area contributed by atoms with Crippen LogP contribution in [0.1, 0.15) is 0 Å². The smallest absolute Gasteiger partial charge is 0.227 e. The SMILES string of the molecule is c1ccc2cc(-c3cc4c5ccccc5c5c6ccccc6n(-c6ccc(-c7nc8ccccc8o7)cc6)c5c4c4ccccc34)ccc2c1. The Morgan fingerprint density at radius 1 is 0.440 bits per heavy atom. The van der Waals surface area contributed by atoms with Crippen molar-refractivity contribution in [2.24, 2.45) is 0 Å². The molecule has 0 saturated carbocycles. The summed E-state index contributed by atoms with van der Waals surface area (Å²) in [5, 5.41) is 12.5. The molecule has 0 bridgehead atoms. The molecule has 0 aliphatic carbocycles. The standard InChI is InChI=1S/C47H28N2O/c1-2-12-31-27-32(22-21-29(31)11-1)39-28-40-35-14-4-6-16-37(35)44-38-17-7-9-19-42(38)49(46(44)45(40)36-15-5-3-13-34(36)39)33-25-23-30(24-26-33)47-48-41-18-8-10-20-43(41)50-47/h1-28H. The van der Waals surface area contributed by atoms with E-state index in [0.29, 0.717) is 5.89 Å². The summed E-state index contributed by atoms with van der Waals surface area (Å²) in [7, 11) is 0. The van der Waals surface area contributed by atoms with Crippen LogP contribution < -0.4 is 0 Å². The minimum Gasteiger partial charge on any atom is -0.436 e. The Morgan fingerprint density at radius 3 is 1.88 bits per heavy atom. The van der Waals surface area contributed by atoms with E-state index < -0.39 is 0 Å². The first-order chi connectivity index (χ1) is 24.8. The number of hydrogen-bond acceptors (Lipinski definition) is 2. The highest BCUT2D eigenvalue weighted by Crippen LogP contribution is 2.47. The van der Waals surface area contributed by atoms with Gasteiger partial charge in [-0.3, -0.25) is 0 Å². The highest BCUT2D eigenvalue weighted by atomic mass is 16.3. The van der Waals surface area contributed by atoms with Crippen LogP contribution in [0.5, 0.6) is 0 Å². The first kappa shape index (κ1) is 27.3. The summed E-state index contributed by atoms with van der Waals surface area (Å²) in [5.74, 6) is 0.628. The average molecular weight is 637 g/mol. The largest absolute Gasteiger partial charge is 0.436 e. The van der Waals surface area contributed by atoms with E-state index in [0.717, 1.165) is 22.4 Å². The number of oxazole rings is 1. The highest BCUT2D eigenvalue weighted by molar-refractivity contribution is 6.37. The lowest BCUT2D eigenvalue weighted by molar-refractivity contribution is 0.620. The van der Waals surface area contributed by atoms with Crippen molar-refractivity contribution in [3.05, 3.63) is 170 Å². The lowest BCUT2D eigenvalue weighted by Gasteiger charge is -2.17. The van der Waals surface area contributed by atoms with E-state index in [1.54, 1.807) is 0 Å². The Labute approximate surface area is 287 Å². The molecule has 0 aliphatic heterocycles. The molecule has 3 heteroatoms. The van der Waals surface area contributed by atoms with Crippen molar-refractivity contribution < 1.29 is 4.42 Å².